The lowest BCUT2D eigenvalue weighted by Gasteiger charge is -2.66. The van der Waals surface area contributed by atoms with Crippen molar-refractivity contribution in [3.8, 4) is 0 Å². The molecule has 0 saturated heterocycles. The van der Waals surface area contributed by atoms with Crippen LogP contribution >= 0.6 is 0 Å². The summed E-state index contributed by atoms with van der Waals surface area (Å²) in [7, 11) is 0. The first kappa shape index (κ1) is 19.4. The van der Waals surface area contributed by atoms with Gasteiger partial charge in [0.1, 0.15) is 0 Å². The van der Waals surface area contributed by atoms with Gasteiger partial charge < -0.3 is 9.52 Å². The van der Waals surface area contributed by atoms with Crippen LogP contribution in [0, 0.1) is 33.5 Å². The van der Waals surface area contributed by atoms with Crippen molar-refractivity contribution in [1.82, 2.24) is 0 Å². The summed E-state index contributed by atoms with van der Waals surface area (Å²) in [4.78, 5) is 12.7. The molecule has 7 atom stereocenters. The fourth-order valence-corrected chi connectivity index (χ4v) is 8.25. The smallest absolute Gasteiger partial charge is 0.161 e. The number of carbonyl (C=O) groups excluding carboxylic acids is 1. The van der Waals surface area contributed by atoms with E-state index in [-0.39, 0.29) is 27.9 Å². The molecule has 4 aliphatic rings. The number of fused-ring (bicyclic) bond motifs is 5. The van der Waals surface area contributed by atoms with Crippen LogP contribution in [0.2, 0.25) is 0 Å². The van der Waals surface area contributed by atoms with Gasteiger partial charge in [-0.1, -0.05) is 52.3 Å². The van der Waals surface area contributed by atoms with E-state index in [0.29, 0.717) is 18.3 Å². The fourth-order valence-electron chi connectivity index (χ4n) is 8.25. The number of hydrogen-bond donors (Lipinski definition) is 1. The Morgan fingerprint density at radius 1 is 1.14 bits per heavy atom. The molecule has 0 aromatic carbocycles. The maximum absolute atomic E-state index is 12.7. The van der Waals surface area contributed by atoms with E-state index < -0.39 is 11.5 Å². The van der Waals surface area contributed by atoms with Crippen LogP contribution in [0.5, 0.6) is 0 Å². The lowest BCUT2D eigenvalue weighted by atomic mass is 9.38. The topological polar surface area (TPSA) is 50.4 Å². The Morgan fingerprint density at radius 3 is 2.59 bits per heavy atom. The van der Waals surface area contributed by atoms with Crippen molar-refractivity contribution in [2.45, 2.75) is 72.3 Å². The zero-order chi connectivity index (χ0) is 20.8. The minimum Gasteiger partial charge on any atom is -0.472 e. The molecule has 0 bridgehead atoms. The Labute approximate surface area is 174 Å². The summed E-state index contributed by atoms with van der Waals surface area (Å²) in [6.07, 6.45) is 13.6. The van der Waals surface area contributed by atoms with E-state index in [2.05, 4.69) is 52.8 Å². The van der Waals surface area contributed by atoms with Gasteiger partial charge in [-0.3, -0.25) is 4.79 Å². The average Bonchev–Trinajstić information content (AvgIpc) is 3.29. The molecule has 1 aromatic rings. The predicted octanol–water partition coefficient (Wildman–Crippen LogP) is 5.67. The zero-order valence-corrected chi connectivity index (χ0v) is 18.4. The molecule has 2 fully saturated rings. The Kier molecular flexibility index (Phi) is 3.84. The second-order valence-electron chi connectivity index (χ2n) is 11.3. The van der Waals surface area contributed by atoms with Crippen molar-refractivity contribution in [3.63, 3.8) is 0 Å². The third-order valence-electron chi connectivity index (χ3n) is 9.90. The first-order valence-electron chi connectivity index (χ1n) is 11.2. The number of carbonyl (C=O) groups is 1. The monoisotopic (exact) mass is 394 g/mol. The number of allylic oxidation sites excluding steroid dienone is 3. The molecule has 0 aliphatic heterocycles. The number of rotatable bonds is 1. The first-order valence-corrected chi connectivity index (χ1v) is 11.2. The van der Waals surface area contributed by atoms with Crippen LogP contribution in [0.3, 0.4) is 0 Å². The van der Waals surface area contributed by atoms with Crippen LogP contribution in [-0.4, -0.2) is 17.0 Å². The molecule has 1 aromatic heterocycles. The van der Waals surface area contributed by atoms with E-state index in [9.17, 15) is 9.90 Å². The van der Waals surface area contributed by atoms with Crippen LogP contribution in [-0.2, 0) is 4.79 Å². The second kappa shape index (κ2) is 5.75. The van der Waals surface area contributed by atoms with Crippen LogP contribution in [0.15, 0.2) is 46.8 Å². The third kappa shape index (κ3) is 2.20. The Morgan fingerprint density at radius 2 is 1.90 bits per heavy atom. The lowest BCUT2D eigenvalue weighted by Crippen LogP contribution is -2.63. The Balaban J connectivity index is 1.60. The van der Waals surface area contributed by atoms with Crippen molar-refractivity contribution < 1.29 is 14.3 Å². The molecule has 0 amide bonds. The molecule has 0 radical (unpaired) electrons. The Bertz CT molecular complexity index is 906. The van der Waals surface area contributed by atoms with Gasteiger partial charge in [-0.25, -0.2) is 0 Å². The predicted molar refractivity (Wildman–Crippen MR) is 113 cm³/mol. The van der Waals surface area contributed by atoms with E-state index in [1.54, 1.807) is 6.26 Å². The molecule has 3 nitrogen and oxygen atoms in total. The summed E-state index contributed by atoms with van der Waals surface area (Å²) >= 11 is 0. The van der Waals surface area contributed by atoms with E-state index in [1.807, 2.05) is 12.3 Å². The van der Waals surface area contributed by atoms with Crippen molar-refractivity contribution in [1.29, 1.82) is 0 Å². The number of aliphatic hydroxyl groups excluding tert-OH is 1. The lowest BCUT2D eigenvalue weighted by molar-refractivity contribution is -0.163. The molecule has 0 spiro atoms. The quantitative estimate of drug-likeness (QED) is 0.625. The molecule has 1 heterocycles. The third-order valence-corrected chi connectivity index (χ3v) is 9.90. The number of furan rings is 1. The van der Waals surface area contributed by atoms with Gasteiger partial charge in [-0.05, 0) is 72.0 Å². The van der Waals surface area contributed by atoms with Gasteiger partial charge in [-0.2, -0.15) is 0 Å². The molecule has 0 unspecified atom stereocenters. The zero-order valence-electron chi connectivity index (χ0n) is 18.4. The van der Waals surface area contributed by atoms with Gasteiger partial charge >= 0.3 is 0 Å². The maximum Gasteiger partial charge on any atom is 0.161 e. The molecule has 1 N–H and O–H groups in total. The normalized spacial score (nSPS) is 47.9. The van der Waals surface area contributed by atoms with Crippen molar-refractivity contribution >= 4 is 5.78 Å². The molecule has 156 valence electrons. The van der Waals surface area contributed by atoms with E-state index >= 15 is 0 Å². The van der Waals surface area contributed by atoms with Crippen molar-refractivity contribution in [2.75, 3.05) is 0 Å². The molecule has 29 heavy (non-hydrogen) atoms. The highest BCUT2D eigenvalue weighted by atomic mass is 16.3. The van der Waals surface area contributed by atoms with Crippen molar-refractivity contribution in [3.05, 3.63) is 48.0 Å². The highest BCUT2D eigenvalue weighted by Crippen LogP contribution is 2.72. The highest BCUT2D eigenvalue weighted by Gasteiger charge is 2.67. The minimum absolute atomic E-state index is 0.0585. The largest absolute Gasteiger partial charge is 0.472 e. The molecule has 2 saturated carbocycles. The molecular weight excluding hydrogens is 360 g/mol. The fraction of sp³-hybridized carbons (Fsp3) is 0.654. The van der Waals surface area contributed by atoms with E-state index in [4.69, 9.17) is 4.42 Å². The standard InChI is InChI=1S/C26H34O3/c1-23(2)20-14-22(28)26(5)18-7-6-17(16-10-13-29-15-16)24(18,3)11-8-19(26)25(20,4)12-9-21(23)27/h7,9-10,12-13,15,17,19-20,22,28H,6,8,11,14H2,1-5H3/t17-,19-,20-,22+,24-,25+,26-/m0/s1. The SMILES string of the molecule is CC1(C)C(=O)C=C[C@@]2(C)[C@H]1C[C@@H](O)[C@@]1(C)C3=CC[C@@H](c4ccoc4)[C@]3(C)CC[C@@H]21. The second-order valence-corrected chi connectivity index (χ2v) is 11.3. The number of aliphatic hydroxyl groups is 1. The van der Waals surface area contributed by atoms with Crippen LogP contribution < -0.4 is 0 Å². The Hall–Kier alpha value is -1.61. The number of ketones is 1. The van der Waals surface area contributed by atoms with E-state index in [0.717, 1.165) is 19.3 Å². The average molecular weight is 395 g/mol. The van der Waals surface area contributed by atoms with Gasteiger partial charge in [-0.15, -0.1) is 0 Å². The molecule has 3 heteroatoms. The first-order chi connectivity index (χ1) is 13.6. The molecule has 5 rings (SSSR count). The summed E-state index contributed by atoms with van der Waals surface area (Å²) in [5.74, 6) is 1.15. The van der Waals surface area contributed by atoms with Crippen LogP contribution in [0.25, 0.3) is 0 Å². The van der Waals surface area contributed by atoms with Crippen molar-refractivity contribution in [2.24, 2.45) is 33.5 Å². The van der Waals surface area contributed by atoms with Gasteiger partial charge in [0.15, 0.2) is 5.78 Å². The van der Waals surface area contributed by atoms with E-state index in [1.165, 1.54) is 11.1 Å². The van der Waals surface area contributed by atoms with Gasteiger partial charge in [0.05, 0.1) is 18.6 Å². The highest BCUT2D eigenvalue weighted by molar-refractivity contribution is 5.95. The molecular formula is C26H34O3. The molecule has 4 aliphatic carbocycles. The van der Waals surface area contributed by atoms with Crippen LogP contribution in [0.1, 0.15) is 71.8 Å². The summed E-state index contributed by atoms with van der Waals surface area (Å²) in [6, 6.07) is 2.10. The van der Waals surface area contributed by atoms with Gasteiger partial charge in [0.2, 0.25) is 0 Å². The summed E-state index contributed by atoms with van der Waals surface area (Å²) in [6.45, 7) is 11.2. The minimum atomic E-state index is -0.421. The summed E-state index contributed by atoms with van der Waals surface area (Å²) in [5.41, 5.74) is 2.04. The maximum atomic E-state index is 12.7. The van der Waals surface area contributed by atoms with Gasteiger partial charge in [0.25, 0.3) is 0 Å². The summed E-state index contributed by atoms with van der Waals surface area (Å²) < 4.78 is 5.41. The van der Waals surface area contributed by atoms with Crippen LogP contribution in [0.4, 0.5) is 0 Å². The van der Waals surface area contributed by atoms with Gasteiger partial charge in [0, 0.05) is 10.8 Å². The summed E-state index contributed by atoms with van der Waals surface area (Å²) in [5, 5.41) is 11.6. The number of hydrogen-bond acceptors (Lipinski definition) is 3.